The van der Waals surface area contributed by atoms with Crippen molar-refractivity contribution in [3.8, 4) is 0 Å². The van der Waals surface area contributed by atoms with Gasteiger partial charge >= 0.3 is 0 Å². The molecule has 1 aromatic rings. The fourth-order valence-corrected chi connectivity index (χ4v) is 5.09. The summed E-state index contributed by atoms with van der Waals surface area (Å²) in [5.41, 5.74) is 2.39. The Morgan fingerprint density at radius 2 is 1.73 bits per heavy atom. The molecule has 2 heterocycles. The number of nitrogens with zero attached hydrogens (tertiary/aromatic N) is 1. The molecule has 2 amide bonds. The van der Waals surface area contributed by atoms with Gasteiger partial charge in [0.2, 0.25) is 11.8 Å². The molecule has 2 saturated heterocycles. The number of carbonyl (C=O) groups excluding carboxylic acids is 2. The third-order valence-corrected chi connectivity index (χ3v) is 6.63. The molecule has 3 aliphatic rings. The van der Waals surface area contributed by atoms with Crippen LogP contribution in [-0.4, -0.2) is 49.6 Å². The smallest absolute Gasteiger partial charge is 0.240 e. The second-order valence-electron chi connectivity index (χ2n) is 8.62. The lowest BCUT2D eigenvalue weighted by Crippen LogP contribution is -3.28. The summed E-state index contributed by atoms with van der Waals surface area (Å²) in [5.74, 6) is 0.195. The molecule has 0 unspecified atom stereocenters. The van der Waals surface area contributed by atoms with Crippen LogP contribution in [0.15, 0.2) is 24.3 Å². The van der Waals surface area contributed by atoms with Gasteiger partial charge in [-0.15, -0.1) is 0 Å². The van der Waals surface area contributed by atoms with Crippen LogP contribution in [0.25, 0.3) is 0 Å². The van der Waals surface area contributed by atoms with Gasteiger partial charge < -0.3 is 9.80 Å². The molecular formula is C21H31N3O2+2. The first-order valence-corrected chi connectivity index (χ1v) is 10.1. The Hall–Kier alpha value is -1.72. The van der Waals surface area contributed by atoms with Crippen molar-refractivity contribution in [2.75, 3.05) is 32.8 Å². The lowest BCUT2D eigenvalue weighted by Gasteiger charge is -2.32. The van der Waals surface area contributed by atoms with Gasteiger partial charge in [-0.05, 0) is 19.8 Å². The quantitative estimate of drug-likeness (QED) is 0.718. The molecule has 1 spiro atoms. The molecule has 0 bridgehead atoms. The Labute approximate surface area is 155 Å². The van der Waals surface area contributed by atoms with Gasteiger partial charge in [0.15, 0.2) is 6.67 Å². The monoisotopic (exact) mass is 357 g/mol. The van der Waals surface area contributed by atoms with E-state index in [2.05, 4.69) is 31.2 Å². The van der Waals surface area contributed by atoms with Crippen molar-refractivity contribution in [2.24, 2.45) is 5.41 Å². The summed E-state index contributed by atoms with van der Waals surface area (Å²) in [5, 5.41) is 0. The zero-order valence-electron chi connectivity index (χ0n) is 15.9. The largest absolute Gasteiger partial charge is 0.322 e. The number of quaternary nitrogens is 2. The SMILES string of the molecule is Cc1cccc(C[NH+]2CC[NH+](CN3C(=O)CC4(CCCC4)C3=O)CC2)c1. The van der Waals surface area contributed by atoms with Crippen molar-refractivity contribution in [1.82, 2.24) is 4.90 Å². The number of carbonyl (C=O) groups is 2. The lowest BCUT2D eigenvalue weighted by molar-refractivity contribution is -1.02. The van der Waals surface area contributed by atoms with E-state index >= 15 is 0 Å². The Kier molecular flexibility index (Phi) is 4.84. The van der Waals surface area contributed by atoms with Gasteiger partial charge in [-0.1, -0.05) is 42.7 Å². The number of benzene rings is 1. The van der Waals surface area contributed by atoms with Crippen LogP contribution in [0.1, 0.15) is 43.2 Å². The van der Waals surface area contributed by atoms with E-state index in [-0.39, 0.29) is 17.2 Å². The number of piperazine rings is 1. The topological polar surface area (TPSA) is 46.3 Å². The van der Waals surface area contributed by atoms with Crippen LogP contribution in [0.3, 0.4) is 0 Å². The van der Waals surface area contributed by atoms with Gasteiger partial charge in [0.1, 0.15) is 32.7 Å². The average Bonchev–Trinajstić information content (AvgIpc) is 3.18. The number of hydrogen-bond donors (Lipinski definition) is 2. The van der Waals surface area contributed by atoms with Crippen LogP contribution in [0.5, 0.6) is 0 Å². The highest BCUT2D eigenvalue weighted by Gasteiger charge is 2.53. The predicted octanol–water partition coefficient (Wildman–Crippen LogP) is -0.445. The average molecular weight is 357 g/mol. The third-order valence-electron chi connectivity index (χ3n) is 6.63. The zero-order chi connectivity index (χ0) is 18.1. The van der Waals surface area contributed by atoms with Crippen molar-refractivity contribution in [3.63, 3.8) is 0 Å². The van der Waals surface area contributed by atoms with E-state index in [4.69, 9.17) is 0 Å². The van der Waals surface area contributed by atoms with Crippen molar-refractivity contribution in [3.05, 3.63) is 35.4 Å². The maximum atomic E-state index is 12.8. The van der Waals surface area contributed by atoms with E-state index in [1.165, 1.54) is 16.0 Å². The minimum atomic E-state index is -0.325. The maximum absolute atomic E-state index is 12.8. The Morgan fingerprint density at radius 3 is 2.42 bits per heavy atom. The van der Waals surface area contributed by atoms with E-state index in [1.807, 2.05) is 0 Å². The summed E-state index contributed by atoms with van der Waals surface area (Å²) in [7, 11) is 0. The normalized spacial score (nSPS) is 28.3. The summed E-state index contributed by atoms with van der Waals surface area (Å²) in [4.78, 5) is 29.9. The first-order valence-electron chi connectivity index (χ1n) is 10.1. The van der Waals surface area contributed by atoms with E-state index in [0.717, 1.165) is 58.4 Å². The van der Waals surface area contributed by atoms with Gasteiger partial charge in [0.05, 0.1) is 5.41 Å². The number of nitrogens with one attached hydrogen (secondary N) is 2. The fourth-order valence-electron chi connectivity index (χ4n) is 5.09. The second-order valence-corrected chi connectivity index (χ2v) is 8.62. The van der Waals surface area contributed by atoms with E-state index < -0.39 is 0 Å². The number of rotatable bonds is 4. The molecule has 5 heteroatoms. The highest BCUT2D eigenvalue weighted by molar-refractivity contribution is 6.05. The third kappa shape index (κ3) is 3.42. The summed E-state index contributed by atoms with van der Waals surface area (Å²) in [6.07, 6.45) is 4.49. The van der Waals surface area contributed by atoms with E-state index in [0.29, 0.717) is 13.1 Å². The Balaban J connectivity index is 1.30. The van der Waals surface area contributed by atoms with Crippen molar-refractivity contribution >= 4 is 11.8 Å². The number of aryl methyl sites for hydroxylation is 1. The summed E-state index contributed by atoms with van der Waals surface area (Å²) >= 11 is 0. The second kappa shape index (κ2) is 7.12. The van der Waals surface area contributed by atoms with Gasteiger partial charge in [-0.2, -0.15) is 0 Å². The minimum absolute atomic E-state index is 0.0685. The van der Waals surface area contributed by atoms with Crippen LogP contribution in [0.2, 0.25) is 0 Å². The molecular weight excluding hydrogens is 326 g/mol. The van der Waals surface area contributed by atoms with E-state index in [9.17, 15) is 9.59 Å². The van der Waals surface area contributed by atoms with Crippen molar-refractivity contribution < 1.29 is 19.4 Å². The summed E-state index contributed by atoms with van der Waals surface area (Å²) in [6.45, 7) is 8.06. The van der Waals surface area contributed by atoms with Gasteiger partial charge in [-0.25, -0.2) is 4.90 Å². The van der Waals surface area contributed by atoms with Crippen molar-refractivity contribution in [2.45, 2.75) is 45.6 Å². The highest BCUT2D eigenvalue weighted by Crippen LogP contribution is 2.46. The highest BCUT2D eigenvalue weighted by atomic mass is 16.2. The molecule has 1 aromatic carbocycles. The number of hydrogen-bond acceptors (Lipinski definition) is 2. The minimum Gasteiger partial charge on any atom is -0.322 e. The first kappa shape index (κ1) is 17.7. The molecule has 0 aromatic heterocycles. The molecule has 1 aliphatic carbocycles. The molecule has 140 valence electrons. The van der Waals surface area contributed by atoms with Crippen LogP contribution in [-0.2, 0) is 16.1 Å². The van der Waals surface area contributed by atoms with Crippen molar-refractivity contribution in [1.29, 1.82) is 0 Å². The molecule has 0 atom stereocenters. The van der Waals surface area contributed by atoms with Crippen LogP contribution in [0, 0.1) is 12.3 Å². The fraction of sp³-hybridized carbons (Fsp3) is 0.619. The lowest BCUT2D eigenvalue weighted by atomic mass is 9.85. The number of likely N-dealkylation sites (tertiary alicyclic amines) is 1. The van der Waals surface area contributed by atoms with Gasteiger partial charge in [-0.3, -0.25) is 9.59 Å². The molecule has 3 fully saturated rings. The van der Waals surface area contributed by atoms with E-state index in [1.54, 1.807) is 9.80 Å². The molecule has 5 nitrogen and oxygen atoms in total. The Bertz CT molecular complexity index is 688. The summed E-state index contributed by atoms with van der Waals surface area (Å²) < 4.78 is 0. The molecule has 2 N–H and O–H groups in total. The van der Waals surface area contributed by atoms with Crippen LogP contribution >= 0.6 is 0 Å². The zero-order valence-corrected chi connectivity index (χ0v) is 15.9. The molecule has 26 heavy (non-hydrogen) atoms. The Morgan fingerprint density at radius 1 is 1.04 bits per heavy atom. The van der Waals surface area contributed by atoms with Gasteiger partial charge in [0, 0.05) is 12.0 Å². The maximum Gasteiger partial charge on any atom is 0.240 e. The number of imide groups is 1. The molecule has 4 rings (SSSR count). The molecule has 1 saturated carbocycles. The van der Waals surface area contributed by atoms with Gasteiger partial charge in [0.25, 0.3) is 0 Å². The van der Waals surface area contributed by atoms with Crippen LogP contribution in [0.4, 0.5) is 0 Å². The molecule has 0 radical (unpaired) electrons. The molecule has 2 aliphatic heterocycles. The first-order chi connectivity index (χ1) is 12.6. The van der Waals surface area contributed by atoms with Crippen LogP contribution < -0.4 is 9.80 Å². The standard InChI is InChI=1S/C21H29N3O2/c1-17-5-4-6-18(13-17)15-22-9-11-23(12-10-22)16-24-19(25)14-21(20(24)26)7-2-3-8-21/h4-6,13H,2-3,7-12,14-16H2,1H3/p+2. The summed E-state index contributed by atoms with van der Waals surface area (Å²) in [6, 6.07) is 8.76. The number of amides is 2. The predicted molar refractivity (Wildman–Crippen MR) is 98.5 cm³/mol.